The van der Waals surface area contributed by atoms with Crippen LogP contribution < -0.4 is 16.8 Å². The van der Waals surface area contributed by atoms with Crippen LogP contribution in [0.3, 0.4) is 0 Å². The van der Waals surface area contributed by atoms with Crippen molar-refractivity contribution < 1.29 is 4.79 Å². The molecule has 0 aliphatic heterocycles. The number of hydrogen-bond donors (Lipinski definition) is 3. The van der Waals surface area contributed by atoms with Crippen molar-refractivity contribution >= 4 is 46.1 Å². The van der Waals surface area contributed by atoms with Gasteiger partial charge in [-0.2, -0.15) is 0 Å². The van der Waals surface area contributed by atoms with Crippen molar-refractivity contribution in [3.05, 3.63) is 34.7 Å². The van der Waals surface area contributed by atoms with Crippen molar-refractivity contribution in [2.45, 2.75) is 11.1 Å². The topological polar surface area (TPSA) is 81.1 Å². The number of thioether (sulfide) groups is 1. The average molecular weight is 293 g/mol. The van der Waals surface area contributed by atoms with Crippen molar-refractivity contribution in [3.8, 4) is 0 Å². The van der Waals surface area contributed by atoms with Gasteiger partial charge in [-0.1, -0.05) is 17.7 Å². The van der Waals surface area contributed by atoms with Gasteiger partial charge in [0.05, 0.1) is 15.6 Å². The minimum absolute atomic E-state index is 0.224. The number of rotatable bonds is 3. The lowest BCUT2D eigenvalue weighted by Gasteiger charge is -2.04. The summed E-state index contributed by atoms with van der Waals surface area (Å²) in [4.78, 5) is 12.6. The Morgan fingerprint density at radius 2 is 1.84 bits per heavy atom. The van der Waals surface area contributed by atoms with Crippen molar-refractivity contribution in [2.75, 3.05) is 23.0 Å². The van der Waals surface area contributed by atoms with Crippen LogP contribution in [0.1, 0.15) is 15.2 Å². The Balaban J connectivity index is 2.23. The van der Waals surface area contributed by atoms with E-state index in [0.717, 1.165) is 15.5 Å². The van der Waals surface area contributed by atoms with Crippen molar-refractivity contribution in [1.29, 1.82) is 0 Å². The largest absolute Gasteiger partial charge is 0.396 e. The number of thiophene rings is 1. The molecule has 1 aromatic heterocycles. The van der Waals surface area contributed by atoms with Crippen LogP contribution in [-0.4, -0.2) is 12.2 Å². The summed E-state index contributed by atoms with van der Waals surface area (Å²) in [6.07, 6.45) is 1.91. The van der Waals surface area contributed by atoms with Gasteiger partial charge in [0.1, 0.15) is 4.88 Å². The zero-order valence-electron chi connectivity index (χ0n) is 10.7. The van der Waals surface area contributed by atoms with Crippen LogP contribution in [0, 0.1) is 6.92 Å². The first kappa shape index (κ1) is 13.8. The lowest BCUT2D eigenvalue weighted by Crippen LogP contribution is -2.12. The molecule has 0 saturated heterocycles. The van der Waals surface area contributed by atoms with Gasteiger partial charge in [-0.3, -0.25) is 4.79 Å². The quantitative estimate of drug-likeness (QED) is 0.759. The minimum atomic E-state index is -0.224. The first-order valence-electron chi connectivity index (χ1n) is 5.62. The van der Waals surface area contributed by atoms with E-state index in [1.807, 2.05) is 37.4 Å². The SMILES string of the molecule is CSc1sc(C(=O)Nc2ccc(C)cc2)c(N)c1N. The Morgan fingerprint density at radius 3 is 2.37 bits per heavy atom. The molecule has 5 N–H and O–H groups in total. The average Bonchev–Trinajstić information content (AvgIpc) is 2.69. The van der Waals surface area contributed by atoms with Crippen LogP contribution in [0.4, 0.5) is 17.1 Å². The maximum Gasteiger partial charge on any atom is 0.267 e. The second-order valence-corrected chi connectivity index (χ2v) is 6.17. The van der Waals surface area contributed by atoms with E-state index in [4.69, 9.17) is 11.5 Å². The van der Waals surface area contributed by atoms with Gasteiger partial charge < -0.3 is 16.8 Å². The molecule has 0 aliphatic carbocycles. The number of anilines is 3. The van der Waals surface area contributed by atoms with E-state index in [1.54, 1.807) is 0 Å². The molecule has 100 valence electrons. The summed E-state index contributed by atoms with van der Waals surface area (Å²) in [7, 11) is 0. The van der Waals surface area contributed by atoms with Gasteiger partial charge in [-0.15, -0.1) is 23.1 Å². The molecular formula is C13H15N3OS2. The maximum absolute atomic E-state index is 12.2. The minimum Gasteiger partial charge on any atom is -0.396 e. The predicted octanol–water partition coefficient (Wildman–Crippen LogP) is 3.20. The summed E-state index contributed by atoms with van der Waals surface area (Å²) >= 11 is 2.81. The normalized spacial score (nSPS) is 10.4. The second-order valence-electron chi connectivity index (χ2n) is 4.07. The molecule has 1 aromatic carbocycles. The maximum atomic E-state index is 12.2. The molecular weight excluding hydrogens is 278 g/mol. The second kappa shape index (κ2) is 5.54. The molecule has 19 heavy (non-hydrogen) atoms. The van der Waals surface area contributed by atoms with Crippen LogP contribution in [0.5, 0.6) is 0 Å². The van der Waals surface area contributed by atoms with Gasteiger partial charge in [0, 0.05) is 5.69 Å². The molecule has 2 rings (SSSR count). The monoisotopic (exact) mass is 293 g/mol. The van der Waals surface area contributed by atoms with Gasteiger partial charge in [0.25, 0.3) is 5.91 Å². The number of nitrogens with one attached hydrogen (secondary N) is 1. The third kappa shape index (κ3) is 2.85. The van der Waals surface area contributed by atoms with E-state index < -0.39 is 0 Å². The fourth-order valence-corrected chi connectivity index (χ4v) is 3.26. The van der Waals surface area contributed by atoms with Crippen molar-refractivity contribution in [2.24, 2.45) is 0 Å². The highest BCUT2D eigenvalue weighted by Crippen LogP contribution is 2.39. The van der Waals surface area contributed by atoms with Gasteiger partial charge in [-0.05, 0) is 25.3 Å². The van der Waals surface area contributed by atoms with Gasteiger partial charge in [-0.25, -0.2) is 0 Å². The molecule has 0 atom stereocenters. The van der Waals surface area contributed by atoms with Crippen LogP contribution in [-0.2, 0) is 0 Å². The zero-order valence-corrected chi connectivity index (χ0v) is 12.3. The lowest BCUT2D eigenvalue weighted by molar-refractivity contribution is 0.103. The van der Waals surface area contributed by atoms with Crippen LogP contribution >= 0.6 is 23.1 Å². The van der Waals surface area contributed by atoms with Gasteiger partial charge in [0.2, 0.25) is 0 Å². The number of hydrogen-bond acceptors (Lipinski definition) is 5. The zero-order chi connectivity index (χ0) is 14.0. The number of nitrogen functional groups attached to an aromatic ring is 2. The molecule has 1 amide bonds. The first-order valence-corrected chi connectivity index (χ1v) is 7.66. The van der Waals surface area contributed by atoms with Crippen molar-refractivity contribution in [3.63, 3.8) is 0 Å². The summed E-state index contributed by atoms with van der Waals surface area (Å²) < 4.78 is 0.867. The molecule has 0 unspecified atom stereocenters. The highest BCUT2D eigenvalue weighted by molar-refractivity contribution is 8.00. The summed E-state index contributed by atoms with van der Waals surface area (Å²) in [6, 6.07) is 7.59. The molecule has 0 saturated carbocycles. The Labute approximate surface area is 120 Å². The molecule has 1 heterocycles. The van der Waals surface area contributed by atoms with E-state index in [2.05, 4.69) is 5.32 Å². The van der Waals surface area contributed by atoms with E-state index in [0.29, 0.717) is 16.3 Å². The van der Waals surface area contributed by atoms with E-state index in [9.17, 15) is 4.79 Å². The van der Waals surface area contributed by atoms with Crippen LogP contribution in [0.2, 0.25) is 0 Å². The summed E-state index contributed by atoms with van der Waals surface area (Å²) in [6.45, 7) is 1.99. The number of nitrogens with two attached hydrogens (primary N) is 2. The van der Waals surface area contributed by atoms with Gasteiger partial charge in [0.15, 0.2) is 0 Å². The standard InChI is InChI=1S/C13H15N3OS2/c1-7-3-5-8(6-4-7)16-12(17)11-9(14)10(15)13(18-2)19-11/h3-6H,14-15H2,1-2H3,(H,16,17). The molecule has 0 radical (unpaired) electrons. The number of benzene rings is 1. The molecule has 6 heteroatoms. The fraction of sp³-hybridized carbons (Fsp3) is 0.154. The number of carbonyl (C=O) groups is 1. The fourth-order valence-electron chi connectivity index (χ4n) is 1.58. The molecule has 0 fully saturated rings. The lowest BCUT2D eigenvalue weighted by atomic mass is 10.2. The Hall–Kier alpha value is -1.66. The predicted molar refractivity (Wildman–Crippen MR) is 84.1 cm³/mol. The van der Waals surface area contributed by atoms with Crippen LogP contribution in [0.15, 0.2) is 28.5 Å². The van der Waals surface area contributed by atoms with Crippen LogP contribution in [0.25, 0.3) is 0 Å². The summed E-state index contributed by atoms with van der Waals surface area (Å²) in [5, 5.41) is 2.82. The molecule has 2 aromatic rings. The first-order chi connectivity index (χ1) is 9.02. The van der Waals surface area contributed by atoms with E-state index >= 15 is 0 Å². The Bertz CT molecular complexity index is 605. The van der Waals surface area contributed by atoms with E-state index in [1.165, 1.54) is 23.1 Å². The number of carbonyl (C=O) groups excluding carboxylic acids is 1. The highest BCUT2D eigenvalue weighted by Gasteiger charge is 2.18. The summed E-state index contributed by atoms with van der Waals surface area (Å²) in [5.41, 5.74) is 14.5. The van der Waals surface area contributed by atoms with E-state index in [-0.39, 0.29) is 5.91 Å². The molecule has 0 bridgehead atoms. The molecule has 4 nitrogen and oxygen atoms in total. The smallest absolute Gasteiger partial charge is 0.267 e. The van der Waals surface area contributed by atoms with Gasteiger partial charge >= 0.3 is 0 Å². The summed E-state index contributed by atoms with van der Waals surface area (Å²) in [5.74, 6) is -0.224. The third-order valence-electron chi connectivity index (χ3n) is 2.65. The van der Waals surface area contributed by atoms with Crippen molar-refractivity contribution in [1.82, 2.24) is 0 Å². The molecule has 0 aliphatic rings. The highest BCUT2D eigenvalue weighted by atomic mass is 32.2. The Morgan fingerprint density at radius 1 is 1.21 bits per heavy atom. The third-order valence-corrected chi connectivity index (χ3v) is 5.01. The molecule has 0 spiro atoms. The number of aryl methyl sites for hydroxylation is 1. The number of amides is 1. The Kier molecular flexibility index (Phi) is 4.01.